The van der Waals surface area contributed by atoms with Crippen LogP contribution in [0.25, 0.3) is 0 Å². The fourth-order valence-electron chi connectivity index (χ4n) is 2.07. The quantitative estimate of drug-likeness (QED) is 0.924. The second-order valence-corrected chi connectivity index (χ2v) is 4.84. The van der Waals surface area contributed by atoms with Crippen molar-refractivity contribution in [3.8, 4) is 6.07 Å². The molecule has 0 aliphatic rings. The van der Waals surface area contributed by atoms with Gasteiger partial charge in [-0.25, -0.2) is 9.37 Å². The lowest BCUT2D eigenvalue weighted by atomic mass is 10.1. The summed E-state index contributed by atoms with van der Waals surface area (Å²) in [6, 6.07) is 10.5. The molecule has 0 aliphatic carbocycles. The lowest BCUT2D eigenvalue weighted by Gasteiger charge is -2.16. The molecule has 0 amide bonds. The number of rotatable bonds is 4. The van der Waals surface area contributed by atoms with Gasteiger partial charge in [0.15, 0.2) is 0 Å². The number of benzene rings is 1. The molecular formula is C16H16FN3. The van der Waals surface area contributed by atoms with E-state index < -0.39 is 0 Å². The van der Waals surface area contributed by atoms with Crippen LogP contribution in [-0.4, -0.2) is 11.0 Å². The van der Waals surface area contributed by atoms with Crippen LogP contribution in [0.4, 0.5) is 10.2 Å². The third-order valence-corrected chi connectivity index (χ3v) is 3.11. The second kappa shape index (κ2) is 6.16. The van der Waals surface area contributed by atoms with Crippen LogP contribution < -0.4 is 5.32 Å². The van der Waals surface area contributed by atoms with Crippen molar-refractivity contribution in [3.63, 3.8) is 0 Å². The van der Waals surface area contributed by atoms with Crippen molar-refractivity contribution in [3.05, 3.63) is 59.0 Å². The number of hydrogen-bond donors (Lipinski definition) is 1. The molecule has 20 heavy (non-hydrogen) atoms. The molecule has 1 unspecified atom stereocenters. The Balaban J connectivity index is 2.09. The third kappa shape index (κ3) is 3.33. The summed E-state index contributed by atoms with van der Waals surface area (Å²) in [5.74, 6) is 0.364. The molecule has 1 aromatic carbocycles. The van der Waals surface area contributed by atoms with Crippen molar-refractivity contribution < 1.29 is 4.39 Å². The molecule has 2 aromatic rings. The van der Waals surface area contributed by atoms with E-state index >= 15 is 0 Å². The molecule has 0 saturated carbocycles. The Labute approximate surface area is 118 Å². The van der Waals surface area contributed by atoms with Crippen LogP contribution in [0.3, 0.4) is 0 Å². The molecule has 3 nitrogen and oxygen atoms in total. The third-order valence-electron chi connectivity index (χ3n) is 3.11. The van der Waals surface area contributed by atoms with E-state index in [1.807, 2.05) is 19.9 Å². The van der Waals surface area contributed by atoms with Crippen molar-refractivity contribution in [2.45, 2.75) is 26.3 Å². The average Bonchev–Trinajstić information content (AvgIpc) is 2.42. The van der Waals surface area contributed by atoms with Gasteiger partial charge in [-0.2, -0.15) is 5.26 Å². The highest BCUT2D eigenvalue weighted by molar-refractivity contribution is 5.55. The van der Waals surface area contributed by atoms with Crippen molar-refractivity contribution >= 4 is 5.82 Å². The Hall–Kier alpha value is -2.41. The molecule has 0 saturated heterocycles. The first-order chi connectivity index (χ1) is 9.60. The summed E-state index contributed by atoms with van der Waals surface area (Å²) in [5, 5.41) is 12.4. The van der Waals surface area contributed by atoms with Crippen LogP contribution in [-0.2, 0) is 6.42 Å². The minimum atomic E-state index is -0.235. The van der Waals surface area contributed by atoms with Gasteiger partial charge in [-0.05, 0) is 49.6 Å². The van der Waals surface area contributed by atoms with Crippen LogP contribution in [0.2, 0.25) is 0 Å². The summed E-state index contributed by atoms with van der Waals surface area (Å²) in [4.78, 5) is 4.21. The van der Waals surface area contributed by atoms with Gasteiger partial charge in [0, 0.05) is 12.2 Å². The maximum absolute atomic E-state index is 12.9. The summed E-state index contributed by atoms with van der Waals surface area (Å²) in [7, 11) is 0. The summed E-state index contributed by atoms with van der Waals surface area (Å²) < 4.78 is 12.9. The molecule has 0 radical (unpaired) electrons. The molecule has 1 atom stereocenters. The average molecular weight is 269 g/mol. The number of nitrogens with one attached hydrogen (secondary N) is 1. The summed E-state index contributed by atoms with van der Waals surface area (Å²) in [5.41, 5.74) is 2.51. The number of halogens is 1. The number of nitrogens with zero attached hydrogens (tertiary/aromatic N) is 2. The molecule has 4 heteroatoms. The van der Waals surface area contributed by atoms with Gasteiger partial charge in [-0.15, -0.1) is 0 Å². The standard InChI is InChI=1S/C16H16FN3/c1-11-7-8-19-16(15(11)10-18)20-12(2)9-13-3-5-14(17)6-4-13/h3-8,12H,9H2,1-2H3,(H,19,20). The zero-order chi connectivity index (χ0) is 14.5. The minimum absolute atomic E-state index is 0.0989. The summed E-state index contributed by atoms with van der Waals surface area (Å²) in [6.07, 6.45) is 2.42. The normalized spacial score (nSPS) is 11.7. The Morgan fingerprint density at radius 1 is 1.30 bits per heavy atom. The van der Waals surface area contributed by atoms with Crippen LogP contribution in [0.1, 0.15) is 23.6 Å². The van der Waals surface area contributed by atoms with Crippen molar-refractivity contribution in [2.75, 3.05) is 5.32 Å². The lowest BCUT2D eigenvalue weighted by molar-refractivity contribution is 0.626. The fraction of sp³-hybridized carbons (Fsp3) is 0.250. The van der Waals surface area contributed by atoms with Gasteiger partial charge in [0.25, 0.3) is 0 Å². The maximum Gasteiger partial charge on any atom is 0.144 e. The first-order valence-electron chi connectivity index (χ1n) is 6.47. The Morgan fingerprint density at radius 2 is 2.00 bits per heavy atom. The number of pyridine rings is 1. The van der Waals surface area contributed by atoms with E-state index in [0.717, 1.165) is 17.5 Å². The smallest absolute Gasteiger partial charge is 0.144 e. The number of aryl methyl sites for hydroxylation is 1. The molecule has 0 bridgehead atoms. The first-order valence-corrected chi connectivity index (χ1v) is 6.47. The van der Waals surface area contributed by atoms with Crippen molar-refractivity contribution in [2.24, 2.45) is 0 Å². The molecule has 2 rings (SSSR count). The maximum atomic E-state index is 12.9. The van der Waals surface area contributed by atoms with E-state index in [9.17, 15) is 4.39 Å². The monoisotopic (exact) mass is 269 g/mol. The highest BCUT2D eigenvalue weighted by Crippen LogP contribution is 2.17. The second-order valence-electron chi connectivity index (χ2n) is 4.84. The van der Waals surface area contributed by atoms with Gasteiger partial charge in [-0.1, -0.05) is 12.1 Å². The zero-order valence-corrected chi connectivity index (χ0v) is 11.5. The predicted molar refractivity (Wildman–Crippen MR) is 76.9 cm³/mol. The van der Waals surface area contributed by atoms with Gasteiger partial charge in [-0.3, -0.25) is 0 Å². The Morgan fingerprint density at radius 3 is 2.65 bits per heavy atom. The Bertz CT molecular complexity index is 629. The number of nitriles is 1. The molecule has 102 valence electrons. The number of anilines is 1. The lowest BCUT2D eigenvalue weighted by Crippen LogP contribution is -2.19. The van der Waals surface area contributed by atoms with Gasteiger partial charge in [0.05, 0.1) is 5.56 Å². The first kappa shape index (κ1) is 14.0. The SMILES string of the molecule is Cc1ccnc(NC(C)Cc2ccc(F)cc2)c1C#N. The van der Waals surface area contributed by atoms with E-state index in [-0.39, 0.29) is 11.9 Å². The van der Waals surface area contributed by atoms with E-state index in [2.05, 4.69) is 16.4 Å². The molecule has 1 heterocycles. The van der Waals surface area contributed by atoms with Crippen molar-refractivity contribution in [1.82, 2.24) is 4.98 Å². The summed E-state index contributed by atoms with van der Waals surface area (Å²) >= 11 is 0. The van der Waals surface area contributed by atoms with E-state index in [4.69, 9.17) is 5.26 Å². The van der Waals surface area contributed by atoms with E-state index in [1.165, 1.54) is 12.1 Å². The van der Waals surface area contributed by atoms with Crippen LogP contribution in [0.15, 0.2) is 36.5 Å². The zero-order valence-electron chi connectivity index (χ0n) is 11.5. The predicted octanol–water partition coefficient (Wildman–Crippen LogP) is 3.44. The van der Waals surface area contributed by atoms with Crippen molar-refractivity contribution in [1.29, 1.82) is 5.26 Å². The topological polar surface area (TPSA) is 48.7 Å². The number of aromatic nitrogens is 1. The van der Waals surface area contributed by atoms with Crippen LogP contribution >= 0.6 is 0 Å². The van der Waals surface area contributed by atoms with E-state index in [0.29, 0.717) is 11.4 Å². The molecule has 1 aromatic heterocycles. The summed E-state index contributed by atoms with van der Waals surface area (Å²) in [6.45, 7) is 3.89. The molecule has 1 N–H and O–H groups in total. The van der Waals surface area contributed by atoms with Gasteiger partial charge < -0.3 is 5.32 Å². The number of hydrogen-bond acceptors (Lipinski definition) is 3. The molecule has 0 aliphatic heterocycles. The largest absolute Gasteiger partial charge is 0.366 e. The van der Waals surface area contributed by atoms with E-state index in [1.54, 1.807) is 18.3 Å². The highest BCUT2D eigenvalue weighted by Gasteiger charge is 2.10. The molecule has 0 spiro atoms. The van der Waals surface area contributed by atoms with Crippen LogP contribution in [0, 0.1) is 24.1 Å². The molecule has 0 fully saturated rings. The highest BCUT2D eigenvalue weighted by atomic mass is 19.1. The fourth-order valence-corrected chi connectivity index (χ4v) is 2.07. The molecular weight excluding hydrogens is 253 g/mol. The minimum Gasteiger partial charge on any atom is -0.366 e. The van der Waals surface area contributed by atoms with Gasteiger partial charge in [0.2, 0.25) is 0 Å². The Kier molecular flexibility index (Phi) is 4.31. The van der Waals surface area contributed by atoms with Gasteiger partial charge in [0.1, 0.15) is 17.7 Å². The van der Waals surface area contributed by atoms with Crippen LogP contribution in [0.5, 0.6) is 0 Å². The van der Waals surface area contributed by atoms with Gasteiger partial charge >= 0.3 is 0 Å².